The molecule has 1 aromatic rings. The smallest absolute Gasteiger partial charge is 0.120 e. The molecule has 0 spiro atoms. The number of hydrogen-bond donors (Lipinski definition) is 2. The molecule has 1 unspecified atom stereocenters. The van der Waals surface area contributed by atoms with Crippen LogP contribution in [-0.4, -0.2) is 49.4 Å². The third-order valence-corrected chi connectivity index (χ3v) is 3.88. The van der Waals surface area contributed by atoms with Gasteiger partial charge in [0.2, 0.25) is 0 Å². The summed E-state index contributed by atoms with van der Waals surface area (Å²) in [5.41, 5.74) is 2.18. The van der Waals surface area contributed by atoms with Gasteiger partial charge in [-0.25, -0.2) is 0 Å². The van der Waals surface area contributed by atoms with Crippen molar-refractivity contribution < 1.29 is 9.84 Å². The highest BCUT2D eigenvalue weighted by Crippen LogP contribution is 2.20. The zero-order valence-corrected chi connectivity index (χ0v) is 12.6. The predicted octanol–water partition coefficient (Wildman–Crippen LogP) is 1.90. The largest absolute Gasteiger partial charge is 0.508 e. The Morgan fingerprint density at radius 3 is 3.00 bits per heavy atom. The van der Waals surface area contributed by atoms with Gasteiger partial charge in [-0.3, -0.25) is 4.90 Å². The highest BCUT2D eigenvalue weighted by molar-refractivity contribution is 5.35. The van der Waals surface area contributed by atoms with Crippen LogP contribution in [0.1, 0.15) is 24.0 Å². The van der Waals surface area contributed by atoms with E-state index >= 15 is 0 Å². The topological polar surface area (TPSA) is 44.7 Å². The van der Waals surface area contributed by atoms with E-state index in [2.05, 4.69) is 23.2 Å². The number of ether oxygens (including phenoxy) is 1. The molecule has 0 aliphatic carbocycles. The Morgan fingerprint density at radius 2 is 2.30 bits per heavy atom. The number of aromatic hydroxyl groups is 1. The zero-order valence-electron chi connectivity index (χ0n) is 12.6. The second-order valence-electron chi connectivity index (χ2n) is 5.65. The molecule has 1 saturated heterocycles. The van der Waals surface area contributed by atoms with Gasteiger partial charge in [-0.2, -0.15) is 0 Å². The van der Waals surface area contributed by atoms with E-state index < -0.39 is 0 Å². The quantitative estimate of drug-likeness (QED) is 0.799. The maximum absolute atomic E-state index is 10.00. The van der Waals surface area contributed by atoms with Crippen molar-refractivity contribution >= 4 is 0 Å². The monoisotopic (exact) mass is 278 g/mol. The summed E-state index contributed by atoms with van der Waals surface area (Å²) < 4.78 is 5.20. The molecular formula is C16H26N2O2. The number of benzene rings is 1. The van der Waals surface area contributed by atoms with E-state index in [0.29, 0.717) is 11.8 Å². The Balaban J connectivity index is 1.99. The maximum Gasteiger partial charge on any atom is 0.120 e. The molecule has 0 aromatic heterocycles. The molecule has 1 aliphatic rings. The summed E-state index contributed by atoms with van der Waals surface area (Å²) in [4.78, 5) is 2.36. The number of phenolic OH excluding ortho intramolecular Hbond substituents is 1. The van der Waals surface area contributed by atoms with Crippen molar-refractivity contribution in [3.8, 4) is 5.75 Å². The van der Waals surface area contributed by atoms with Crippen molar-refractivity contribution in [2.75, 3.05) is 33.4 Å². The minimum atomic E-state index is 0.386. The third kappa shape index (κ3) is 4.47. The lowest BCUT2D eigenvalue weighted by Gasteiger charge is -2.26. The molecule has 4 nitrogen and oxygen atoms in total. The lowest BCUT2D eigenvalue weighted by molar-refractivity contribution is 0.137. The summed E-state index contributed by atoms with van der Waals surface area (Å²) in [6, 6.07) is 6.36. The Labute approximate surface area is 121 Å². The summed E-state index contributed by atoms with van der Waals surface area (Å²) in [7, 11) is 1.73. The number of hydrogen-bond acceptors (Lipinski definition) is 4. The van der Waals surface area contributed by atoms with Crippen LogP contribution in [0.2, 0.25) is 0 Å². The van der Waals surface area contributed by atoms with E-state index in [1.165, 1.54) is 18.4 Å². The lowest BCUT2D eigenvalue weighted by atomic mass is 10.1. The highest BCUT2D eigenvalue weighted by atomic mass is 16.5. The molecule has 1 fully saturated rings. The molecule has 2 rings (SSSR count). The van der Waals surface area contributed by atoms with Crippen molar-refractivity contribution in [1.29, 1.82) is 0 Å². The van der Waals surface area contributed by atoms with Crippen LogP contribution >= 0.6 is 0 Å². The van der Waals surface area contributed by atoms with E-state index in [1.807, 2.05) is 6.07 Å². The van der Waals surface area contributed by atoms with Crippen molar-refractivity contribution in [3.05, 3.63) is 29.3 Å². The first-order chi connectivity index (χ1) is 9.69. The Kier molecular flexibility index (Phi) is 5.83. The van der Waals surface area contributed by atoms with Crippen molar-refractivity contribution in [3.63, 3.8) is 0 Å². The minimum Gasteiger partial charge on any atom is -0.508 e. The molecule has 1 aliphatic heterocycles. The van der Waals surface area contributed by atoms with Gasteiger partial charge < -0.3 is 15.2 Å². The molecule has 1 aromatic carbocycles. The Hall–Kier alpha value is -1.10. The number of phenols is 1. The second-order valence-corrected chi connectivity index (χ2v) is 5.65. The van der Waals surface area contributed by atoms with E-state index in [0.717, 1.165) is 38.3 Å². The summed E-state index contributed by atoms with van der Waals surface area (Å²) >= 11 is 0. The SMILES string of the molecule is COCCN(Cc1cc(C)ccc1O)CC1CCCN1. The molecule has 1 atom stereocenters. The van der Waals surface area contributed by atoms with Crippen LogP contribution in [0.4, 0.5) is 0 Å². The fourth-order valence-electron chi connectivity index (χ4n) is 2.76. The molecule has 112 valence electrons. The molecule has 0 amide bonds. The zero-order chi connectivity index (χ0) is 14.4. The average Bonchev–Trinajstić information content (AvgIpc) is 2.93. The summed E-state index contributed by atoms with van der Waals surface area (Å²) in [6.45, 7) is 6.58. The lowest BCUT2D eigenvalue weighted by Crippen LogP contribution is -2.38. The van der Waals surface area contributed by atoms with Crippen molar-refractivity contribution in [1.82, 2.24) is 10.2 Å². The minimum absolute atomic E-state index is 0.386. The maximum atomic E-state index is 10.00. The van der Waals surface area contributed by atoms with Crippen LogP contribution in [0, 0.1) is 6.92 Å². The van der Waals surface area contributed by atoms with E-state index in [4.69, 9.17) is 4.74 Å². The van der Waals surface area contributed by atoms with Gasteiger partial charge in [-0.15, -0.1) is 0 Å². The second kappa shape index (κ2) is 7.62. The molecule has 1 heterocycles. The Bertz CT molecular complexity index is 417. The van der Waals surface area contributed by atoms with E-state index in [1.54, 1.807) is 13.2 Å². The van der Waals surface area contributed by atoms with E-state index in [9.17, 15) is 5.11 Å². The van der Waals surface area contributed by atoms with Crippen LogP contribution in [0.3, 0.4) is 0 Å². The number of methoxy groups -OCH3 is 1. The summed E-state index contributed by atoms with van der Waals surface area (Å²) in [6.07, 6.45) is 2.50. The van der Waals surface area contributed by atoms with Crippen LogP contribution in [0.25, 0.3) is 0 Å². The predicted molar refractivity (Wildman–Crippen MR) is 81.0 cm³/mol. The standard InChI is InChI=1S/C16H26N2O2/c1-13-5-6-16(19)14(10-13)11-18(8-9-20-2)12-15-4-3-7-17-15/h5-6,10,15,17,19H,3-4,7-9,11-12H2,1-2H3. The highest BCUT2D eigenvalue weighted by Gasteiger charge is 2.18. The van der Waals surface area contributed by atoms with Crippen molar-refractivity contribution in [2.24, 2.45) is 0 Å². The first-order valence-electron chi connectivity index (χ1n) is 7.42. The summed E-state index contributed by atoms with van der Waals surface area (Å²) in [5, 5.41) is 13.5. The molecular weight excluding hydrogens is 252 g/mol. The molecule has 0 radical (unpaired) electrons. The molecule has 20 heavy (non-hydrogen) atoms. The molecule has 4 heteroatoms. The molecule has 2 N–H and O–H groups in total. The first-order valence-corrected chi connectivity index (χ1v) is 7.42. The fourth-order valence-corrected chi connectivity index (χ4v) is 2.76. The first kappa shape index (κ1) is 15.3. The van der Waals surface area contributed by atoms with Crippen LogP contribution in [0.5, 0.6) is 5.75 Å². The number of rotatable bonds is 7. The van der Waals surface area contributed by atoms with Gasteiger partial charge in [-0.1, -0.05) is 17.7 Å². The molecule has 0 saturated carbocycles. The Morgan fingerprint density at radius 1 is 1.45 bits per heavy atom. The van der Waals surface area contributed by atoms with Gasteiger partial charge in [-0.05, 0) is 32.4 Å². The van der Waals surface area contributed by atoms with Crippen LogP contribution < -0.4 is 5.32 Å². The van der Waals surface area contributed by atoms with Crippen LogP contribution in [-0.2, 0) is 11.3 Å². The van der Waals surface area contributed by atoms with Crippen LogP contribution in [0.15, 0.2) is 18.2 Å². The van der Waals surface area contributed by atoms with Gasteiger partial charge in [0.25, 0.3) is 0 Å². The normalized spacial score (nSPS) is 18.9. The number of nitrogens with zero attached hydrogens (tertiary/aromatic N) is 1. The fraction of sp³-hybridized carbons (Fsp3) is 0.625. The summed E-state index contributed by atoms with van der Waals surface area (Å²) in [5.74, 6) is 0.386. The molecule has 0 bridgehead atoms. The van der Waals surface area contributed by atoms with Gasteiger partial charge in [0.05, 0.1) is 6.61 Å². The number of aryl methyl sites for hydroxylation is 1. The third-order valence-electron chi connectivity index (χ3n) is 3.88. The van der Waals surface area contributed by atoms with Crippen molar-refractivity contribution in [2.45, 2.75) is 32.4 Å². The number of nitrogens with one attached hydrogen (secondary N) is 1. The van der Waals surface area contributed by atoms with Gasteiger partial charge >= 0.3 is 0 Å². The van der Waals surface area contributed by atoms with Gasteiger partial charge in [0.1, 0.15) is 5.75 Å². The van der Waals surface area contributed by atoms with E-state index in [-0.39, 0.29) is 0 Å². The van der Waals surface area contributed by atoms with Gasteiger partial charge in [0, 0.05) is 38.3 Å². The van der Waals surface area contributed by atoms with Gasteiger partial charge in [0.15, 0.2) is 0 Å². The average molecular weight is 278 g/mol.